The van der Waals surface area contributed by atoms with Crippen molar-refractivity contribution in [2.45, 2.75) is 32.2 Å². The van der Waals surface area contributed by atoms with Crippen LogP contribution >= 0.6 is 0 Å². The Labute approximate surface area is 113 Å². The van der Waals surface area contributed by atoms with E-state index in [1.54, 1.807) is 20.1 Å². The summed E-state index contributed by atoms with van der Waals surface area (Å²) in [5, 5.41) is 6.41. The molecule has 1 saturated heterocycles. The van der Waals surface area contributed by atoms with Crippen molar-refractivity contribution in [1.29, 1.82) is 0 Å². The number of aryl methyl sites for hydroxylation is 2. The maximum Gasteiger partial charge on any atom is 0.254 e. The average Bonchev–Trinajstić information content (AvgIpc) is 2.94. The van der Waals surface area contributed by atoms with Crippen LogP contribution in [-0.4, -0.2) is 38.3 Å². The van der Waals surface area contributed by atoms with Gasteiger partial charge >= 0.3 is 0 Å². The molecule has 0 bridgehead atoms. The molecule has 5 nitrogen and oxygen atoms in total. The van der Waals surface area contributed by atoms with E-state index in [0.29, 0.717) is 24.5 Å². The van der Waals surface area contributed by atoms with Gasteiger partial charge in [0.05, 0.1) is 17.7 Å². The van der Waals surface area contributed by atoms with E-state index in [1.807, 2.05) is 6.92 Å². The quantitative estimate of drug-likeness (QED) is 0.845. The van der Waals surface area contributed by atoms with Gasteiger partial charge in [-0.25, -0.2) is 0 Å². The number of carbonyl (C=O) groups excluding carboxylic acids is 1. The summed E-state index contributed by atoms with van der Waals surface area (Å²) in [6, 6.07) is 1.77. The van der Waals surface area contributed by atoms with Crippen molar-refractivity contribution in [2.24, 2.45) is 0 Å². The van der Waals surface area contributed by atoms with E-state index in [0.717, 1.165) is 25.1 Å². The SMILES string of the molecule is COCC1(CNC(=O)c2cc(C)oc2C)CCCN1. The lowest BCUT2D eigenvalue weighted by Gasteiger charge is -2.28. The molecule has 2 N–H and O–H groups in total. The lowest BCUT2D eigenvalue weighted by atomic mass is 9.98. The van der Waals surface area contributed by atoms with Crippen LogP contribution in [0.4, 0.5) is 0 Å². The normalized spacial score (nSPS) is 22.7. The predicted molar refractivity (Wildman–Crippen MR) is 72.4 cm³/mol. The number of amides is 1. The van der Waals surface area contributed by atoms with E-state index < -0.39 is 0 Å². The number of hydrogen-bond donors (Lipinski definition) is 2. The highest BCUT2D eigenvalue weighted by atomic mass is 16.5. The molecule has 2 heterocycles. The number of furan rings is 1. The van der Waals surface area contributed by atoms with Crippen LogP contribution in [0.2, 0.25) is 0 Å². The topological polar surface area (TPSA) is 63.5 Å². The van der Waals surface area contributed by atoms with Crippen molar-refractivity contribution in [2.75, 3.05) is 26.8 Å². The van der Waals surface area contributed by atoms with Crippen LogP contribution in [0.1, 0.15) is 34.7 Å². The summed E-state index contributed by atoms with van der Waals surface area (Å²) < 4.78 is 10.6. The van der Waals surface area contributed by atoms with Crippen LogP contribution in [0.3, 0.4) is 0 Å². The molecule has 0 aromatic carbocycles. The molecule has 0 saturated carbocycles. The third-order valence-electron chi connectivity index (χ3n) is 3.63. The molecule has 5 heteroatoms. The maximum absolute atomic E-state index is 12.1. The van der Waals surface area contributed by atoms with Crippen LogP contribution < -0.4 is 10.6 Å². The van der Waals surface area contributed by atoms with Gasteiger partial charge in [-0.05, 0) is 39.3 Å². The summed E-state index contributed by atoms with van der Waals surface area (Å²) in [4.78, 5) is 12.1. The smallest absolute Gasteiger partial charge is 0.254 e. The number of methoxy groups -OCH3 is 1. The Kier molecular flexibility index (Phi) is 4.27. The standard InChI is InChI=1S/C14H22N2O3/c1-10-7-12(11(2)19-10)13(17)15-8-14(9-18-3)5-4-6-16-14/h7,16H,4-6,8-9H2,1-3H3,(H,15,17). The first-order chi connectivity index (χ1) is 9.06. The van der Waals surface area contributed by atoms with Crippen LogP contribution in [0.25, 0.3) is 0 Å². The van der Waals surface area contributed by atoms with Crippen molar-refractivity contribution >= 4 is 5.91 Å². The van der Waals surface area contributed by atoms with Crippen LogP contribution in [0.15, 0.2) is 10.5 Å². The lowest BCUT2D eigenvalue weighted by molar-refractivity contribution is 0.0891. The fourth-order valence-electron chi connectivity index (χ4n) is 2.67. The highest BCUT2D eigenvalue weighted by Crippen LogP contribution is 2.19. The van der Waals surface area contributed by atoms with Gasteiger partial charge in [-0.15, -0.1) is 0 Å². The number of nitrogens with one attached hydrogen (secondary N) is 2. The second-order valence-electron chi connectivity index (χ2n) is 5.25. The van der Waals surface area contributed by atoms with Gasteiger partial charge < -0.3 is 19.8 Å². The van der Waals surface area contributed by atoms with E-state index in [2.05, 4.69) is 10.6 Å². The maximum atomic E-state index is 12.1. The van der Waals surface area contributed by atoms with E-state index in [9.17, 15) is 4.79 Å². The van der Waals surface area contributed by atoms with Crippen molar-refractivity contribution in [1.82, 2.24) is 10.6 Å². The molecule has 1 aromatic rings. The molecule has 19 heavy (non-hydrogen) atoms. The van der Waals surface area contributed by atoms with Crippen LogP contribution in [0.5, 0.6) is 0 Å². The van der Waals surface area contributed by atoms with Crippen molar-refractivity contribution in [3.63, 3.8) is 0 Å². The second kappa shape index (κ2) is 5.75. The molecule has 0 aliphatic carbocycles. The van der Waals surface area contributed by atoms with Gasteiger partial charge in [0, 0.05) is 13.7 Å². The summed E-state index contributed by atoms with van der Waals surface area (Å²) in [6.07, 6.45) is 2.13. The lowest BCUT2D eigenvalue weighted by Crippen LogP contribution is -2.53. The Morgan fingerprint density at radius 2 is 2.37 bits per heavy atom. The third kappa shape index (κ3) is 3.16. The fraction of sp³-hybridized carbons (Fsp3) is 0.643. The summed E-state index contributed by atoms with van der Waals surface area (Å²) >= 11 is 0. The predicted octanol–water partition coefficient (Wildman–Crippen LogP) is 1.39. The van der Waals surface area contributed by atoms with E-state index in [4.69, 9.17) is 9.15 Å². The Bertz CT molecular complexity index is 448. The van der Waals surface area contributed by atoms with Gasteiger partial charge in [0.15, 0.2) is 0 Å². The number of carbonyl (C=O) groups is 1. The Morgan fingerprint density at radius 1 is 1.58 bits per heavy atom. The first-order valence-corrected chi connectivity index (χ1v) is 6.65. The van der Waals surface area contributed by atoms with Gasteiger partial charge in [-0.1, -0.05) is 0 Å². The van der Waals surface area contributed by atoms with Crippen LogP contribution in [0, 0.1) is 13.8 Å². The second-order valence-corrected chi connectivity index (χ2v) is 5.25. The van der Waals surface area contributed by atoms with Crippen molar-refractivity contribution < 1.29 is 13.9 Å². The van der Waals surface area contributed by atoms with Crippen LogP contribution in [-0.2, 0) is 4.74 Å². The van der Waals surface area contributed by atoms with E-state index >= 15 is 0 Å². The fourth-order valence-corrected chi connectivity index (χ4v) is 2.67. The van der Waals surface area contributed by atoms with Gasteiger partial charge in [-0.3, -0.25) is 4.79 Å². The molecule has 0 spiro atoms. The first-order valence-electron chi connectivity index (χ1n) is 6.65. The highest BCUT2D eigenvalue weighted by Gasteiger charge is 2.34. The Hall–Kier alpha value is -1.33. The molecule has 1 amide bonds. The summed E-state index contributed by atoms with van der Waals surface area (Å²) in [7, 11) is 1.69. The highest BCUT2D eigenvalue weighted by molar-refractivity contribution is 5.95. The van der Waals surface area contributed by atoms with Gasteiger partial charge in [0.2, 0.25) is 0 Å². The van der Waals surface area contributed by atoms with E-state index in [-0.39, 0.29) is 11.4 Å². The number of ether oxygens (including phenoxy) is 1. The van der Waals surface area contributed by atoms with Gasteiger partial charge in [0.25, 0.3) is 5.91 Å². The Balaban J connectivity index is 1.97. The molecule has 1 aliphatic heterocycles. The van der Waals surface area contributed by atoms with Gasteiger partial charge in [0.1, 0.15) is 11.5 Å². The summed E-state index contributed by atoms with van der Waals surface area (Å²) in [6.45, 7) is 5.80. The molecule has 1 fully saturated rings. The minimum absolute atomic E-state index is 0.0847. The zero-order valence-electron chi connectivity index (χ0n) is 11.8. The first kappa shape index (κ1) is 14.1. The molecular formula is C14H22N2O3. The number of hydrogen-bond acceptors (Lipinski definition) is 4. The minimum Gasteiger partial charge on any atom is -0.466 e. The molecule has 2 rings (SSSR count). The minimum atomic E-state index is -0.128. The molecule has 106 valence electrons. The summed E-state index contributed by atoms with van der Waals surface area (Å²) in [5.74, 6) is 1.34. The molecule has 1 unspecified atom stereocenters. The molecule has 0 radical (unpaired) electrons. The Morgan fingerprint density at radius 3 is 2.89 bits per heavy atom. The monoisotopic (exact) mass is 266 g/mol. The van der Waals surface area contributed by atoms with Crippen molar-refractivity contribution in [3.05, 3.63) is 23.2 Å². The number of rotatable bonds is 5. The zero-order chi connectivity index (χ0) is 13.9. The summed E-state index contributed by atoms with van der Waals surface area (Å²) in [5.41, 5.74) is 0.486. The largest absolute Gasteiger partial charge is 0.466 e. The molecule has 1 atom stereocenters. The average molecular weight is 266 g/mol. The van der Waals surface area contributed by atoms with Gasteiger partial charge in [-0.2, -0.15) is 0 Å². The molecule has 1 aliphatic rings. The van der Waals surface area contributed by atoms with Crippen molar-refractivity contribution in [3.8, 4) is 0 Å². The molecule has 1 aromatic heterocycles. The zero-order valence-corrected chi connectivity index (χ0v) is 11.8. The third-order valence-corrected chi connectivity index (χ3v) is 3.63. The van der Waals surface area contributed by atoms with E-state index in [1.165, 1.54) is 0 Å². The molecular weight excluding hydrogens is 244 g/mol.